The Morgan fingerprint density at radius 1 is 0.972 bits per heavy atom. The van der Waals surface area contributed by atoms with Gasteiger partial charge in [0.05, 0.1) is 16.5 Å². The van der Waals surface area contributed by atoms with Crippen LogP contribution in [0, 0.1) is 0 Å². The summed E-state index contributed by atoms with van der Waals surface area (Å²) in [7, 11) is 0. The molecule has 10 heteroatoms. The molecule has 184 valence electrons. The van der Waals surface area contributed by atoms with Crippen molar-refractivity contribution in [3.8, 4) is 11.5 Å². The van der Waals surface area contributed by atoms with Crippen LogP contribution >= 0.6 is 35.0 Å². The van der Waals surface area contributed by atoms with Gasteiger partial charge in [-0.2, -0.15) is 0 Å². The van der Waals surface area contributed by atoms with Gasteiger partial charge in [0.15, 0.2) is 6.61 Å². The van der Waals surface area contributed by atoms with Crippen molar-refractivity contribution >= 4 is 63.8 Å². The van der Waals surface area contributed by atoms with Gasteiger partial charge in [0, 0.05) is 10.7 Å². The van der Waals surface area contributed by atoms with Crippen LogP contribution in [0.1, 0.15) is 5.56 Å². The van der Waals surface area contributed by atoms with E-state index in [0.29, 0.717) is 32.8 Å². The first-order valence-electron chi connectivity index (χ1n) is 10.8. The predicted octanol–water partition coefficient (Wildman–Crippen LogP) is 6.13. The molecule has 1 saturated heterocycles. The van der Waals surface area contributed by atoms with Gasteiger partial charge in [-0.3, -0.25) is 19.3 Å². The van der Waals surface area contributed by atoms with Crippen LogP contribution in [0.5, 0.6) is 11.5 Å². The molecule has 3 aromatic carbocycles. The molecule has 1 heterocycles. The molecule has 7 nitrogen and oxygen atoms in total. The van der Waals surface area contributed by atoms with Crippen molar-refractivity contribution in [2.75, 3.05) is 25.1 Å². The molecular formula is C26H20Cl2N2O5S. The maximum Gasteiger partial charge on any atom is 0.293 e. The zero-order valence-corrected chi connectivity index (χ0v) is 21.1. The monoisotopic (exact) mass is 542 g/mol. The van der Waals surface area contributed by atoms with Gasteiger partial charge in [-0.25, -0.2) is 0 Å². The van der Waals surface area contributed by atoms with Crippen LogP contribution in [0.25, 0.3) is 6.08 Å². The molecule has 0 radical (unpaired) electrons. The third-order valence-corrected chi connectivity index (χ3v) is 6.41. The fraction of sp³-hybridized carbons (Fsp3) is 0.115. The van der Waals surface area contributed by atoms with E-state index in [4.69, 9.17) is 32.7 Å². The van der Waals surface area contributed by atoms with E-state index in [1.54, 1.807) is 78.9 Å². The highest BCUT2D eigenvalue weighted by molar-refractivity contribution is 8.18. The van der Waals surface area contributed by atoms with Crippen molar-refractivity contribution < 1.29 is 23.9 Å². The van der Waals surface area contributed by atoms with E-state index in [0.717, 1.165) is 16.7 Å². The van der Waals surface area contributed by atoms with E-state index in [-0.39, 0.29) is 35.8 Å². The quantitative estimate of drug-likeness (QED) is 0.327. The van der Waals surface area contributed by atoms with Crippen LogP contribution in [-0.4, -0.2) is 41.7 Å². The highest BCUT2D eigenvalue weighted by atomic mass is 35.5. The summed E-state index contributed by atoms with van der Waals surface area (Å²) in [4.78, 5) is 38.7. The summed E-state index contributed by atoms with van der Waals surface area (Å²) in [5, 5.41) is 3.37. The lowest BCUT2D eigenvalue weighted by Gasteiger charge is -2.13. The third-order valence-electron chi connectivity index (χ3n) is 4.94. The molecule has 0 aliphatic carbocycles. The van der Waals surface area contributed by atoms with Crippen LogP contribution in [0.15, 0.2) is 77.7 Å². The van der Waals surface area contributed by atoms with Crippen LogP contribution in [-0.2, 0) is 9.59 Å². The molecule has 0 bridgehead atoms. The summed E-state index contributed by atoms with van der Waals surface area (Å²) in [5.41, 5.74) is 1.26. The fourth-order valence-electron chi connectivity index (χ4n) is 3.23. The van der Waals surface area contributed by atoms with Crippen LogP contribution in [0.4, 0.5) is 10.5 Å². The van der Waals surface area contributed by atoms with Gasteiger partial charge in [-0.05, 0) is 71.9 Å². The average molecular weight is 543 g/mol. The molecule has 0 unspecified atom stereocenters. The van der Waals surface area contributed by atoms with Crippen molar-refractivity contribution in [3.63, 3.8) is 0 Å². The van der Waals surface area contributed by atoms with Crippen molar-refractivity contribution in [2.45, 2.75) is 0 Å². The number of para-hydroxylation sites is 1. The normalized spacial score (nSPS) is 14.3. The Labute approximate surface area is 222 Å². The van der Waals surface area contributed by atoms with Gasteiger partial charge >= 0.3 is 0 Å². The summed E-state index contributed by atoms with van der Waals surface area (Å²) in [6.45, 7) is 0.0175. The number of nitrogens with one attached hydrogen (secondary N) is 1. The molecule has 0 spiro atoms. The van der Waals surface area contributed by atoms with Gasteiger partial charge in [-0.1, -0.05) is 47.5 Å². The predicted molar refractivity (Wildman–Crippen MR) is 142 cm³/mol. The largest absolute Gasteiger partial charge is 0.490 e. The van der Waals surface area contributed by atoms with Crippen molar-refractivity contribution in [2.24, 2.45) is 0 Å². The minimum Gasteiger partial charge on any atom is -0.490 e. The molecule has 1 N–H and O–H groups in total. The summed E-state index contributed by atoms with van der Waals surface area (Å²) in [6, 6.07) is 20.6. The van der Waals surface area contributed by atoms with Gasteiger partial charge in [-0.15, -0.1) is 0 Å². The Hall–Kier alpha value is -3.46. The number of amides is 3. The highest BCUT2D eigenvalue weighted by Gasteiger charge is 2.34. The average Bonchev–Trinajstić information content (AvgIpc) is 3.13. The molecule has 4 rings (SSSR count). The molecule has 0 saturated carbocycles. The Kier molecular flexibility index (Phi) is 8.53. The smallest absolute Gasteiger partial charge is 0.293 e. The van der Waals surface area contributed by atoms with Crippen molar-refractivity contribution in [3.05, 3.63) is 93.3 Å². The van der Waals surface area contributed by atoms with Crippen molar-refractivity contribution in [1.29, 1.82) is 0 Å². The lowest BCUT2D eigenvalue weighted by molar-refractivity contribution is -0.123. The maximum atomic E-state index is 12.8. The van der Waals surface area contributed by atoms with E-state index in [1.165, 1.54) is 0 Å². The van der Waals surface area contributed by atoms with Gasteiger partial charge in [0.2, 0.25) is 0 Å². The molecule has 1 aliphatic heterocycles. The number of imide groups is 1. The topological polar surface area (TPSA) is 84.9 Å². The molecule has 1 aliphatic rings. The SMILES string of the molecule is O=C(COc1cccc(/C=C2\SC(=O)N(CCOc3ccccc3Cl)C2=O)c1)Nc1ccc(Cl)cc1. The number of nitrogens with zero attached hydrogens (tertiary/aromatic N) is 1. The maximum absolute atomic E-state index is 12.8. The number of thioether (sulfide) groups is 1. The zero-order chi connectivity index (χ0) is 25.5. The Morgan fingerprint density at radius 3 is 2.53 bits per heavy atom. The summed E-state index contributed by atoms with van der Waals surface area (Å²) in [6.07, 6.45) is 1.61. The van der Waals surface area contributed by atoms with E-state index >= 15 is 0 Å². The first-order chi connectivity index (χ1) is 17.4. The molecule has 0 atom stereocenters. The van der Waals surface area contributed by atoms with E-state index < -0.39 is 5.91 Å². The molecule has 3 aromatic rings. The van der Waals surface area contributed by atoms with Crippen molar-refractivity contribution in [1.82, 2.24) is 4.90 Å². The lowest BCUT2D eigenvalue weighted by atomic mass is 10.2. The number of benzene rings is 3. The molecule has 1 fully saturated rings. The highest BCUT2D eigenvalue weighted by Crippen LogP contribution is 2.32. The molecule has 0 aromatic heterocycles. The van der Waals surface area contributed by atoms with Gasteiger partial charge in [0.1, 0.15) is 18.1 Å². The number of rotatable bonds is 9. The van der Waals surface area contributed by atoms with Gasteiger partial charge < -0.3 is 14.8 Å². The van der Waals surface area contributed by atoms with Gasteiger partial charge in [0.25, 0.3) is 17.1 Å². The Bertz CT molecular complexity index is 1310. The lowest BCUT2D eigenvalue weighted by Crippen LogP contribution is -2.32. The standard InChI is InChI=1S/C26H20Cl2N2O5S/c27-18-8-10-19(11-9-18)29-24(31)16-35-20-5-3-4-17(14-20)15-23-25(32)30(26(33)36-23)12-13-34-22-7-2-1-6-21(22)28/h1-11,14-15H,12-13,16H2,(H,29,31)/b23-15-. The van der Waals surface area contributed by atoms with Crippen LogP contribution < -0.4 is 14.8 Å². The second kappa shape index (κ2) is 12.0. The Morgan fingerprint density at radius 2 is 1.75 bits per heavy atom. The molecule has 36 heavy (non-hydrogen) atoms. The molecule has 3 amide bonds. The second-order valence-electron chi connectivity index (χ2n) is 7.53. The third kappa shape index (κ3) is 6.81. The number of carbonyl (C=O) groups excluding carboxylic acids is 3. The number of halogens is 2. The first-order valence-corrected chi connectivity index (χ1v) is 12.4. The minimum absolute atomic E-state index is 0.0963. The van der Waals surface area contributed by atoms with E-state index in [9.17, 15) is 14.4 Å². The van der Waals surface area contributed by atoms with Crippen LogP contribution in [0.2, 0.25) is 10.0 Å². The summed E-state index contributed by atoms with van der Waals surface area (Å²) in [5.74, 6) is 0.201. The van der Waals surface area contributed by atoms with Crippen LogP contribution in [0.3, 0.4) is 0 Å². The second-order valence-corrected chi connectivity index (χ2v) is 9.37. The minimum atomic E-state index is -0.401. The Balaban J connectivity index is 1.32. The summed E-state index contributed by atoms with van der Waals surface area (Å²) < 4.78 is 11.2. The van der Waals surface area contributed by atoms with E-state index in [1.807, 2.05) is 0 Å². The number of carbonyl (C=O) groups is 3. The number of anilines is 1. The zero-order valence-electron chi connectivity index (χ0n) is 18.8. The number of hydrogen-bond donors (Lipinski definition) is 1. The fourth-order valence-corrected chi connectivity index (χ4v) is 4.41. The molecular weight excluding hydrogens is 523 g/mol. The van der Waals surface area contributed by atoms with E-state index in [2.05, 4.69) is 5.32 Å². The number of ether oxygens (including phenoxy) is 2. The number of hydrogen-bond acceptors (Lipinski definition) is 6. The first kappa shape index (κ1) is 25.6. The summed E-state index contributed by atoms with van der Waals surface area (Å²) >= 11 is 12.8.